The summed E-state index contributed by atoms with van der Waals surface area (Å²) in [5, 5.41) is 9.03. The zero-order valence-corrected chi connectivity index (χ0v) is 12.9. The topological polar surface area (TPSA) is 57.6 Å². The number of amides is 1. The van der Waals surface area contributed by atoms with Crippen molar-refractivity contribution >= 4 is 11.9 Å². The van der Waals surface area contributed by atoms with Crippen molar-refractivity contribution in [2.75, 3.05) is 13.1 Å². The number of allylic oxidation sites excluding steroid dienone is 1. The summed E-state index contributed by atoms with van der Waals surface area (Å²) in [6.07, 6.45) is 2.27. The van der Waals surface area contributed by atoms with E-state index in [-0.39, 0.29) is 12.5 Å². The maximum Gasteiger partial charge on any atom is 0.308 e. The zero-order valence-electron chi connectivity index (χ0n) is 12.9. The first-order valence-electron chi connectivity index (χ1n) is 7.10. The predicted octanol–water partition coefficient (Wildman–Crippen LogP) is 2.74. The highest BCUT2D eigenvalue weighted by molar-refractivity contribution is 5.88. The van der Waals surface area contributed by atoms with Crippen LogP contribution >= 0.6 is 0 Å². The first kappa shape index (κ1) is 17.0. The molecule has 0 saturated carbocycles. The van der Waals surface area contributed by atoms with Crippen LogP contribution in [-0.2, 0) is 16.0 Å². The van der Waals surface area contributed by atoms with E-state index in [4.69, 9.17) is 5.11 Å². The van der Waals surface area contributed by atoms with E-state index in [2.05, 4.69) is 0 Å². The van der Waals surface area contributed by atoms with Gasteiger partial charge in [-0.05, 0) is 25.8 Å². The van der Waals surface area contributed by atoms with Gasteiger partial charge in [0.25, 0.3) is 0 Å². The summed E-state index contributed by atoms with van der Waals surface area (Å²) in [7, 11) is 0. The van der Waals surface area contributed by atoms with Gasteiger partial charge in [0.05, 0.1) is 5.92 Å². The Morgan fingerprint density at radius 3 is 2.38 bits per heavy atom. The Morgan fingerprint density at radius 2 is 1.86 bits per heavy atom. The highest BCUT2D eigenvalue weighted by Gasteiger charge is 2.19. The minimum Gasteiger partial charge on any atom is -0.481 e. The van der Waals surface area contributed by atoms with E-state index in [1.165, 1.54) is 0 Å². The second-order valence-corrected chi connectivity index (χ2v) is 5.48. The Labute approximate surface area is 126 Å². The van der Waals surface area contributed by atoms with Gasteiger partial charge >= 0.3 is 5.97 Å². The molecule has 1 unspecified atom stereocenters. The largest absolute Gasteiger partial charge is 0.481 e. The van der Waals surface area contributed by atoms with Gasteiger partial charge in [0.15, 0.2) is 0 Å². The summed E-state index contributed by atoms with van der Waals surface area (Å²) in [5.41, 5.74) is 2.04. The van der Waals surface area contributed by atoms with Crippen LogP contribution in [-0.4, -0.2) is 35.0 Å². The maximum absolute atomic E-state index is 12.2. The third-order valence-electron chi connectivity index (χ3n) is 3.15. The van der Waals surface area contributed by atoms with Crippen LogP contribution in [0.5, 0.6) is 0 Å². The lowest BCUT2D eigenvalue weighted by Gasteiger charge is -2.23. The van der Waals surface area contributed by atoms with Crippen molar-refractivity contribution in [2.24, 2.45) is 5.92 Å². The van der Waals surface area contributed by atoms with Crippen molar-refractivity contribution in [1.82, 2.24) is 4.90 Å². The number of carbonyl (C=O) groups is 2. The predicted molar refractivity (Wildman–Crippen MR) is 83.0 cm³/mol. The van der Waals surface area contributed by atoms with E-state index in [9.17, 15) is 9.59 Å². The quantitative estimate of drug-likeness (QED) is 0.785. The highest BCUT2D eigenvalue weighted by atomic mass is 16.4. The summed E-state index contributed by atoms with van der Waals surface area (Å²) in [4.78, 5) is 24.8. The normalized spacial score (nSPS) is 11.6. The molecule has 0 aromatic heterocycles. The van der Waals surface area contributed by atoms with Gasteiger partial charge in [0, 0.05) is 19.2 Å². The summed E-state index contributed by atoms with van der Waals surface area (Å²) < 4.78 is 0. The van der Waals surface area contributed by atoms with Crippen LogP contribution in [0.4, 0.5) is 0 Å². The Bertz CT molecular complexity index is 504. The molecule has 0 spiro atoms. The zero-order chi connectivity index (χ0) is 15.8. The number of hydrogen-bond donors (Lipinski definition) is 1. The number of carbonyl (C=O) groups excluding carboxylic acids is 1. The Balaban J connectivity index is 2.74. The molecule has 1 amide bonds. The van der Waals surface area contributed by atoms with Crippen LogP contribution in [0.25, 0.3) is 0 Å². The fourth-order valence-electron chi connectivity index (χ4n) is 1.95. The van der Waals surface area contributed by atoms with Crippen LogP contribution < -0.4 is 0 Å². The lowest BCUT2D eigenvalue weighted by atomic mass is 10.1. The lowest BCUT2D eigenvalue weighted by Crippen LogP contribution is -2.37. The number of nitrogens with zero attached hydrogens (tertiary/aromatic N) is 1. The van der Waals surface area contributed by atoms with E-state index in [1.807, 2.05) is 44.2 Å². The minimum absolute atomic E-state index is 0.126. The van der Waals surface area contributed by atoms with Gasteiger partial charge in [-0.1, -0.05) is 42.8 Å². The second kappa shape index (κ2) is 8.25. The van der Waals surface area contributed by atoms with E-state index in [0.29, 0.717) is 6.54 Å². The van der Waals surface area contributed by atoms with Crippen molar-refractivity contribution in [2.45, 2.75) is 27.2 Å². The average molecular weight is 289 g/mol. The van der Waals surface area contributed by atoms with Crippen molar-refractivity contribution in [3.05, 3.63) is 47.5 Å². The van der Waals surface area contributed by atoms with Crippen molar-refractivity contribution < 1.29 is 14.7 Å². The molecule has 0 radical (unpaired) electrons. The molecule has 0 aliphatic carbocycles. The fraction of sp³-hybridized carbons (Fsp3) is 0.412. The van der Waals surface area contributed by atoms with Crippen LogP contribution in [0.1, 0.15) is 26.3 Å². The highest BCUT2D eigenvalue weighted by Crippen LogP contribution is 2.07. The Kier molecular flexibility index (Phi) is 6.66. The minimum atomic E-state index is -0.885. The van der Waals surface area contributed by atoms with Gasteiger partial charge < -0.3 is 10.0 Å². The molecule has 1 rings (SSSR count). The molecule has 1 atom stereocenters. The van der Waals surface area contributed by atoms with Crippen molar-refractivity contribution in [1.29, 1.82) is 0 Å². The van der Waals surface area contributed by atoms with E-state index in [1.54, 1.807) is 17.9 Å². The van der Waals surface area contributed by atoms with Gasteiger partial charge in [-0.2, -0.15) is 0 Å². The molecular weight excluding hydrogens is 266 g/mol. The van der Waals surface area contributed by atoms with Crippen molar-refractivity contribution in [3.8, 4) is 0 Å². The number of benzene rings is 1. The Morgan fingerprint density at radius 1 is 1.24 bits per heavy atom. The van der Waals surface area contributed by atoms with E-state index in [0.717, 1.165) is 17.6 Å². The molecule has 0 fully saturated rings. The number of rotatable bonds is 7. The fourth-order valence-corrected chi connectivity index (χ4v) is 1.95. The van der Waals surface area contributed by atoms with Gasteiger partial charge in [-0.15, -0.1) is 0 Å². The van der Waals surface area contributed by atoms with Crippen LogP contribution in [0, 0.1) is 5.92 Å². The first-order chi connectivity index (χ1) is 9.90. The third kappa shape index (κ3) is 6.25. The first-order valence-corrected chi connectivity index (χ1v) is 7.10. The number of hydrogen-bond acceptors (Lipinski definition) is 2. The van der Waals surface area contributed by atoms with Crippen LogP contribution in [0.3, 0.4) is 0 Å². The smallest absolute Gasteiger partial charge is 0.308 e. The van der Waals surface area contributed by atoms with Gasteiger partial charge in [-0.25, -0.2) is 0 Å². The molecule has 21 heavy (non-hydrogen) atoms. The van der Waals surface area contributed by atoms with Crippen molar-refractivity contribution in [3.63, 3.8) is 0 Å². The summed E-state index contributed by atoms with van der Waals surface area (Å²) >= 11 is 0. The maximum atomic E-state index is 12.2. The van der Waals surface area contributed by atoms with Crippen LogP contribution in [0.2, 0.25) is 0 Å². The summed E-state index contributed by atoms with van der Waals surface area (Å²) in [5.74, 6) is -1.58. The molecule has 0 saturated heterocycles. The average Bonchev–Trinajstić information content (AvgIpc) is 2.43. The van der Waals surface area contributed by atoms with Gasteiger partial charge in [-0.3, -0.25) is 9.59 Å². The molecule has 4 nitrogen and oxygen atoms in total. The molecule has 0 heterocycles. The summed E-state index contributed by atoms with van der Waals surface area (Å²) in [6, 6.07) is 9.87. The number of carboxylic acids is 1. The molecule has 0 bridgehead atoms. The third-order valence-corrected chi connectivity index (χ3v) is 3.15. The number of aliphatic carboxylic acids is 1. The SMILES string of the molecule is CC(C)=CC(=O)N(CCc1ccccc1)CC(C)C(=O)O. The molecule has 1 N–H and O–H groups in total. The second-order valence-electron chi connectivity index (χ2n) is 5.48. The van der Waals surface area contributed by atoms with E-state index >= 15 is 0 Å². The molecule has 0 aliphatic heterocycles. The van der Waals surface area contributed by atoms with Crippen LogP contribution in [0.15, 0.2) is 42.0 Å². The molecule has 0 aliphatic rings. The summed E-state index contributed by atoms with van der Waals surface area (Å²) in [6.45, 7) is 6.07. The number of carboxylic acid groups (broad SMARTS) is 1. The van der Waals surface area contributed by atoms with Gasteiger partial charge in [0.2, 0.25) is 5.91 Å². The van der Waals surface area contributed by atoms with E-state index < -0.39 is 11.9 Å². The Hall–Kier alpha value is -2.10. The lowest BCUT2D eigenvalue weighted by molar-refractivity contribution is -0.142. The molecule has 4 heteroatoms. The van der Waals surface area contributed by atoms with Gasteiger partial charge in [0.1, 0.15) is 0 Å². The standard InChI is InChI=1S/C17H23NO3/c1-13(2)11-16(19)18(12-14(3)17(20)21)10-9-15-7-5-4-6-8-15/h4-8,11,14H,9-10,12H2,1-3H3,(H,20,21). The molecule has 1 aromatic rings. The molecule has 1 aromatic carbocycles. The molecular formula is C17H23NO3. The molecule has 114 valence electrons. The monoisotopic (exact) mass is 289 g/mol.